The van der Waals surface area contributed by atoms with Gasteiger partial charge in [-0.3, -0.25) is 4.79 Å². The number of carbonyl (C=O) groups is 1. The molecule has 2 atom stereocenters. The van der Waals surface area contributed by atoms with Crippen molar-refractivity contribution in [2.45, 2.75) is 55.5 Å². The third-order valence-corrected chi connectivity index (χ3v) is 7.15. The summed E-state index contributed by atoms with van der Waals surface area (Å²) in [5.41, 5.74) is 6.11. The van der Waals surface area contributed by atoms with Crippen LogP contribution in [-0.2, 0) is 14.8 Å². The van der Waals surface area contributed by atoms with E-state index < -0.39 is 10.0 Å². The van der Waals surface area contributed by atoms with Gasteiger partial charge in [0.05, 0.1) is 4.90 Å². The van der Waals surface area contributed by atoms with Gasteiger partial charge in [0.25, 0.3) is 0 Å². The quantitative estimate of drug-likeness (QED) is 0.681. The van der Waals surface area contributed by atoms with Crippen molar-refractivity contribution < 1.29 is 13.2 Å². The van der Waals surface area contributed by atoms with Crippen LogP contribution in [-0.4, -0.2) is 33.0 Å². The lowest BCUT2D eigenvalue weighted by molar-refractivity contribution is -0.123. The average Bonchev–Trinajstić information content (AvgIpc) is 2.55. The van der Waals surface area contributed by atoms with Gasteiger partial charge in [0.2, 0.25) is 15.9 Å². The van der Waals surface area contributed by atoms with Gasteiger partial charge in [0.15, 0.2) is 0 Å². The van der Waals surface area contributed by atoms with Gasteiger partial charge in [0, 0.05) is 30.1 Å². The summed E-state index contributed by atoms with van der Waals surface area (Å²) in [6.07, 6.45) is 5.45. The number of nitrogens with two attached hydrogens (primary N) is 1. The van der Waals surface area contributed by atoms with E-state index in [-0.39, 0.29) is 35.9 Å². The van der Waals surface area contributed by atoms with Gasteiger partial charge in [-0.25, -0.2) is 13.1 Å². The second-order valence-corrected chi connectivity index (χ2v) is 9.58. The molecule has 0 saturated heterocycles. The Morgan fingerprint density at radius 3 is 2.58 bits per heavy atom. The molecule has 2 aliphatic rings. The number of nitrogens with one attached hydrogen (secondary N) is 2. The summed E-state index contributed by atoms with van der Waals surface area (Å²) >= 11 is 5.84. The number of fused-ring (bicyclic) bond motifs is 2. The Bertz CT molecular complexity index is 742. The van der Waals surface area contributed by atoms with E-state index in [0.717, 1.165) is 25.7 Å². The van der Waals surface area contributed by atoms with E-state index in [9.17, 15) is 13.2 Å². The summed E-state index contributed by atoms with van der Waals surface area (Å²) in [7, 11) is -3.66. The highest BCUT2D eigenvalue weighted by atomic mass is 35.5. The van der Waals surface area contributed by atoms with E-state index in [2.05, 4.69) is 10.0 Å². The fourth-order valence-corrected chi connectivity index (χ4v) is 5.63. The molecule has 0 spiro atoms. The van der Waals surface area contributed by atoms with Crippen molar-refractivity contribution in [2.24, 2.45) is 17.6 Å². The van der Waals surface area contributed by atoms with E-state index in [4.69, 9.17) is 17.3 Å². The van der Waals surface area contributed by atoms with E-state index in [1.807, 2.05) is 0 Å². The number of hydrogen-bond acceptors (Lipinski definition) is 4. The second kappa shape index (κ2) is 8.25. The Balaban J connectivity index is 1.50. The molecular weight excluding hydrogens is 374 g/mol. The molecule has 4 N–H and O–H groups in total. The van der Waals surface area contributed by atoms with Crippen LogP contribution in [0.1, 0.15) is 38.5 Å². The van der Waals surface area contributed by atoms with Crippen molar-refractivity contribution in [3.63, 3.8) is 0 Å². The van der Waals surface area contributed by atoms with Crippen LogP contribution in [0.15, 0.2) is 29.2 Å². The molecule has 0 aliphatic heterocycles. The van der Waals surface area contributed by atoms with Gasteiger partial charge >= 0.3 is 0 Å². The Morgan fingerprint density at radius 1 is 1.23 bits per heavy atom. The molecule has 0 aromatic heterocycles. The molecule has 0 radical (unpaired) electrons. The maximum absolute atomic E-state index is 12.3. The average molecular weight is 400 g/mol. The highest BCUT2D eigenvalue weighted by molar-refractivity contribution is 7.89. The van der Waals surface area contributed by atoms with E-state index >= 15 is 0 Å². The van der Waals surface area contributed by atoms with Crippen LogP contribution in [0.5, 0.6) is 0 Å². The lowest BCUT2D eigenvalue weighted by Gasteiger charge is -2.45. The largest absolute Gasteiger partial charge is 0.353 e. The molecule has 1 amide bonds. The van der Waals surface area contributed by atoms with Crippen molar-refractivity contribution in [1.82, 2.24) is 10.0 Å². The zero-order valence-electron chi connectivity index (χ0n) is 14.7. The summed E-state index contributed by atoms with van der Waals surface area (Å²) in [4.78, 5) is 12.4. The molecule has 1 aromatic rings. The Morgan fingerprint density at radius 2 is 1.92 bits per heavy atom. The normalized spacial score (nSPS) is 28.5. The highest BCUT2D eigenvalue weighted by Gasteiger charge is 2.39. The molecular formula is C18H26ClN3O3S. The number of halogens is 1. The van der Waals surface area contributed by atoms with Crippen molar-refractivity contribution in [3.8, 4) is 0 Å². The van der Waals surface area contributed by atoms with Crippen molar-refractivity contribution in [3.05, 3.63) is 29.3 Å². The predicted molar refractivity (Wildman–Crippen MR) is 101 cm³/mol. The van der Waals surface area contributed by atoms with Crippen LogP contribution in [0.4, 0.5) is 0 Å². The summed E-state index contributed by atoms with van der Waals surface area (Å²) in [5.74, 6) is 0.783. The minimum Gasteiger partial charge on any atom is -0.353 e. The minimum atomic E-state index is -3.66. The molecule has 2 aliphatic carbocycles. The highest BCUT2D eigenvalue weighted by Crippen LogP contribution is 2.39. The van der Waals surface area contributed by atoms with Crippen LogP contribution < -0.4 is 15.8 Å². The first kappa shape index (κ1) is 19.6. The monoisotopic (exact) mass is 399 g/mol. The number of sulfonamides is 1. The molecule has 144 valence electrons. The Kier molecular flexibility index (Phi) is 6.22. The zero-order chi connectivity index (χ0) is 18.7. The standard InChI is InChI=1S/C18H26ClN3O3S/c19-14-5-2-6-16(11-14)26(24,25)21-8-7-17(23)22-18-12-3-1-4-13(18)10-15(20)9-12/h2,5-6,11-13,15,18,21H,1,3-4,7-10,20H2,(H,22,23). The number of hydrogen-bond donors (Lipinski definition) is 3. The van der Waals surface area contributed by atoms with E-state index in [1.54, 1.807) is 12.1 Å². The SMILES string of the molecule is NC1CC2CCCC(C1)C2NC(=O)CCNS(=O)(=O)c1cccc(Cl)c1. The molecule has 26 heavy (non-hydrogen) atoms. The molecule has 2 saturated carbocycles. The van der Waals surface area contributed by atoms with Crippen LogP contribution in [0.25, 0.3) is 0 Å². The Labute approximate surface area is 159 Å². The van der Waals surface area contributed by atoms with Crippen molar-refractivity contribution in [2.75, 3.05) is 6.54 Å². The number of rotatable bonds is 6. The molecule has 0 heterocycles. The fraction of sp³-hybridized carbons (Fsp3) is 0.611. The Hall–Kier alpha value is -1.15. The van der Waals surface area contributed by atoms with Crippen molar-refractivity contribution >= 4 is 27.5 Å². The lowest BCUT2D eigenvalue weighted by Crippen LogP contribution is -2.54. The van der Waals surface area contributed by atoms with Gasteiger partial charge < -0.3 is 11.1 Å². The minimum absolute atomic E-state index is 0.0578. The maximum atomic E-state index is 12.3. The van der Waals surface area contributed by atoms with Crippen LogP contribution in [0.3, 0.4) is 0 Å². The third-order valence-electron chi connectivity index (χ3n) is 5.45. The number of amides is 1. The summed E-state index contributed by atoms with van der Waals surface area (Å²) < 4.78 is 26.9. The van der Waals surface area contributed by atoms with E-state index in [0.29, 0.717) is 16.9 Å². The molecule has 2 fully saturated rings. The molecule has 6 nitrogen and oxygen atoms in total. The molecule has 2 unspecified atom stereocenters. The first-order valence-electron chi connectivity index (χ1n) is 9.15. The summed E-state index contributed by atoms with van der Waals surface area (Å²) in [6, 6.07) is 6.47. The first-order chi connectivity index (χ1) is 12.3. The topological polar surface area (TPSA) is 101 Å². The van der Waals surface area contributed by atoms with Gasteiger partial charge in [-0.15, -0.1) is 0 Å². The van der Waals surface area contributed by atoms with Crippen LogP contribution in [0, 0.1) is 11.8 Å². The third kappa shape index (κ3) is 4.76. The van der Waals surface area contributed by atoms with Gasteiger partial charge in [-0.05, 0) is 55.7 Å². The van der Waals surface area contributed by atoms with Crippen LogP contribution in [0.2, 0.25) is 5.02 Å². The molecule has 8 heteroatoms. The zero-order valence-corrected chi connectivity index (χ0v) is 16.2. The lowest BCUT2D eigenvalue weighted by atomic mass is 9.67. The number of carbonyl (C=O) groups excluding carboxylic acids is 1. The fourth-order valence-electron chi connectivity index (χ4n) is 4.30. The summed E-state index contributed by atoms with van der Waals surface area (Å²) in [6.45, 7) is 0.0578. The van der Waals surface area contributed by atoms with Gasteiger partial charge in [-0.1, -0.05) is 24.1 Å². The van der Waals surface area contributed by atoms with Crippen LogP contribution >= 0.6 is 11.6 Å². The molecule has 3 rings (SSSR count). The number of benzene rings is 1. The smallest absolute Gasteiger partial charge is 0.240 e. The predicted octanol–water partition coefficient (Wildman–Crippen LogP) is 2.03. The van der Waals surface area contributed by atoms with Crippen molar-refractivity contribution in [1.29, 1.82) is 0 Å². The van der Waals surface area contributed by atoms with Gasteiger partial charge in [-0.2, -0.15) is 0 Å². The second-order valence-electron chi connectivity index (χ2n) is 7.38. The maximum Gasteiger partial charge on any atom is 0.240 e. The summed E-state index contributed by atoms with van der Waals surface area (Å²) in [5, 5.41) is 3.48. The molecule has 1 aromatic carbocycles. The van der Waals surface area contributed by atoms with Gasteiger partial charge in [0.1, 0.15) is 0 Å². The van der Waals surface area contributed by atoms with E-state index in [1.165, 1.54) is 18.6 Å². The molecule has 2 bridgehead atoms. The first-order valence-corrected chi connectivity index (χ1v) is 11.0.